The summed E-state index contributed by atoms with van der Waals surface area (Å²) in [4.78, 5) is 15.7. The Labute approximate surface area is 128 Å². The predicted octanol–water partition coefficient (Wildman–Crippen LogP) is 0.797. The first-order valence-corrected chi connectivity index (χ1v) is 6.91. The van der Waals surface area contributed by atoms with E-state index in [0.717, 1.165) is 16.8 Å². The van der Waals surface area contributed by atoms with E-state index in [1.165, 1.54) is 0 Å². The van der Waals surface area contributed by atoms with E-state index in [1.54, 1.807) is 12.3 Å². The molecular formula is C16H16N5O. The number of carbonyl (C=O) groups excluding carboxylic acids is 1. The number of nitrogens with one attached hydrogen (secondary N) is 3. The summed E-state index contributed by atoms with van der Waals surface area (Å²) >= 11 is 0. The molecule has 0 spiro atoms. The van der Waals surface area contributed by atoms with E-state index in [0.29, 0.717) is 5.82 Å². The van der Waals surface area contributed by atoms with Crippen molar-refractivity contribution in [2.45, 2.75) is 13.0 Å². The maximum absolute atomic E-state index is 11.4. The largest absolute Gasteiger partial charge is 0.363 e. The summed E-state index contributed by atoms with van der Waals surface area (Å²) in [6.45, 7) is 2.03. The highest BCUT2D eigenvalue weighted by Crippen LogP contribution is 2.22. The SMILES string of the molecule is CC(NC1=C2C=[C]NC=C2NC(C(N)=O)=N1)c1ccccc1. The molecule has 1 radical (unpaired) electrons. The molecule has 6 nitrogen and oxygen atoms in total. The Morgan fingerprint density at radius 3 is 2.86 bits per heavy atom. The van der Waals surface area contributed by atoms with Crippen LogP contribution in [-0.2, 0) is 4.79 Å². The minimum absolute atomic E-state index is 0.0317. The molecule has 3 rings (SSSR count). The Morgan fingerprint density at radius 1 is 1.36 bits per heavy atom. The Balaban J connectivity index is 1.93. The Bertz CT molecular complexity index is 715. The lowest BCUT2D eigenvalue weighted by atomic mass is 10.1. The predicted molar refractivity (Wildman–Crippen MR) is 83.8 cm³/mol. The summed E-state index contributed by atoms with van der Waals surface area (Å²) in [5.41, 5.74) is 8.01. The Morgan fingerprint density at radius 2 is 2.14 bits per heavy atom. The van der Waals surface area contributed by atoms with Crippen molar-refractivity contribution in [2.24, 2.45) is 10.7 Å². The number of amidine groups is 1. The molecule has 0 fully saturated rings. The van der Waals surface area contributed by atoms with Crippen LogP contribution in [0.25, 0.3) is 0 Å². The monoisotopic (exact) mass is 294 g/mol. The van der Waals surface area contributed by atoms with Crippen LogP contribution in [0.2, 0.25) is 0 Å². The first kappa shape index (κ1) is 13.9. The summed E-state index contributed by atoms with van der Waals surface area (Å²) < 4.78 is 0. The first-order chi connectivity index (χ1) is 10.6. The van der Waals surface area contributed by atoms with Gasteiger partial charge in [-0.25, -0.2) is 4.99 Å². The third-order valence-electron chi connectivity index (χ3n) is 3.42. The van der Waals surface area contributed by atoms with Gasteiger partial charge in [0.05, 0.1) is 11.9 Å². The van der Waals surface area contributed by atoms with Gasteiger partial charge in [-0.3, -0.25) is 4.79 Å². The number of fused-ring (bicyclic) bond motifs is 1. The van der Waals surface area contributed by atoms with E-state index < -0.39 is 5.91 Å². The summed E-state index contributed by atoms with van der Waals surface area (Å²) in [5.74, 6) is 0.0872. The van der Waals surface area contributed by atoms with Gasteiger partial charge in [-0.05, 0) is 18.6 Å². The second-order valence-corrected chi connectivity index (χ2v) is 4.98. The molecule has 1 atom stereocenters. The molecule has 0 saturated carbocycles. The number of aliphatic imine (C=N–C) groups is 1. The number of benzene rings is 1. The van der Waals surface area contributed by atoms with Gasteiger partial charge in [-0.1, -0.05) is 30.3 Å². The number of allylic oxidation sites excluding steroid dienone is 1. The van der Waals surface area contributed by atoms with Crippen molar-refractivity contribution in [1.29, 1.82) is 0 Å². The second-order valence-electron chi connectivity index (χ2n) is 4.98. The van der Waals surface area contributed by atoms with E-state index in [1.807, 2.05) is 37.3 Å². The molecule has 2 aliphatic rings. The van der Waals surface area contributed by atoms with Crippen LogP contribution in [0, 0.1) is 6.20 Å². The van der Waals surface area contributed by atoms with Gasteiger partial charge in [0.2, 0.25) is 0 Å². The van der Waals surface area contributed by atoms with Crippen molar-refractivity contribution in [3.63, 3.8) is 0 Å². The van der Waals surface area contributed by atoms with Gasteiger partial charge in [0.15, 0.2) is 5.84 Å². The minimum atomic E-state index is -0.606. The van der Waals surface area contributed by atoms with Gasteiger partial charge in [0.25, 0.3) is 5.91 Å². The fraction of sp³-hybridized carbons (Fsp3) is 0.125. The zero-order valence-electron chi connectivity index (χ0n) is 12.1. The lowest BCUT2D eigenvalue weighted by molar-refractivity contribution is -0.112. The van der Waals surface area contributed by atoms with Crippen LogP contribution in [-0.4, -0.2) is 11.7 Å². The third-order valence-corrected chi connectivity index (χ3v) is 3.42. The summed E-state index contributed by atoms with van der Waals surface area (Å²) in [5, 5.41) is 9.08. The van der Waals surface area contributed by atoms with Crippen molar-refractivity contribution >= 4 is 11.7 Å². The molecule has 5 N–H and O–H groups in total. The number of primary amides is 1. The van der Waals surface area contributed by atoms with E-state index in [4.69, 9.17) is 5.73 Å². The summed E-state index contributed by atoms with van der Waals surface area (Å²) in [6.07, 6.45) is 6.37. The van der Waals surface area contributed by atoms with Crippen LogP contribution in [0.4, 0.5) is 0 Å². The van der Waals surface area contributed by atoms with Gasteiger partial charge in [0.1, 0.15) is 5.82 Å². The smallest absolute Gasteiger partial charge is 0.284 e. The van der Waals surface area contributed by atoms with E-state index in [-0.39, 0.29) is 11.9 Å². The van der Waals surface area contributed by atoms with Crippen LogP contribution in [0.1, 0.15) is 18.5 Å². The van der Waals surface area contributed by atoms with E-state index >= 15 is 0 Å². The quantitative estimate of drug-likeness (QED) is 0.661. The van der Waals surface area contributed by atoms with Gasteiger partial charge in [-0.2, -0.15) is 0 Å². The highest BCUT2D eigenvalue weighted by molar-refractivity contribution is 6.38. The van der Waals surface area contributed by atoms with Gasteiger partial charge in [0, 0.05) is 17.8 Å². The number of nitrogens with zero attached hydrogens (tertiary/aromatic N) is 1. The molecule has 1 aromatic carbocycles. The molecule has 0 bridgehead atoms. The minimum Gasteiger partial charge on any atom is -0.363 e. The summed E-state index contributed by atoms with van der Waals surface area (Å²) in [7, 11) is 0. The summed E-state index contributed by atoms with van der Waals surface area (Å²) in [6, 6.07) is 10.0. The normalized spacial score (nSPS) is 17.5. The number of dihydropyridines is 1. The topological polar surface area (TPSA) is 91.5 Å². The molecule has 22 heavy (non-hydrogen) atoms. The highest BCUT2D eigenvalue weighted by atomic mass is 16.1. The fourth-order valence-electron chi connectivity index (χ4n) is 2.27. The average molecular weight is 294 g/mol. The molecule has 1 unspecified atom stereocenters. The van der Waals surface area contributed by atoms with Crippen molar-refractivity contribution in [3.8, 4) is 0 Å². The standard InChI is InChI=1S/C16H16N5O/c1-10(11-5-3-2-4-6-11)19-15-12-7-8-18-9-13(12)20-16(21-15)14(17)22/h2-7,9-10,18-19H,1H3,(H2,17,22)(H,20,21). The molecule has 1 amide bonds. The Hall–Kier alpha value is -3.02. The zero-order valence-corrected chi connectivity index (χ0v) is 12.1. The number of nitrogens with two attached hydrogens (primary N) is 1. The molecule has 1 aromatic rings. The highest BCUT2D eigenvalue weighted by Gasteiger charge is 2.23. The van der Waals surface area contributed by atoms with Crippen LogP contribution >= 0.6 is 0 Å². The van der Waals surface area contributed by atoms with Gasteiger partial charge < -0.3 is 21.7 Å². The van der Waals surface area contributed by atoms with Crippen molar-refractivity contribution in [2.75, 3.05) is 0 Å². The molecular weight excluding hydrogens is 278 g/mol. The third kappa shape index (κ3) is 2.71. The van der Waals surface area contributed by atoms with Crippen LogP contribution in [0.5, 0.6) is 0 Å². The maximum Gasteiger partial charge on any atom is 0.284 e. The second kappa shape index (κ2) is 5.77. The molecule has 0 saturated heterocycles. The molecule has 0 aromatic heterocycles. The number of rotatable bonds is 4. The molecule has 0 aliphatic carbocycles. The van der Waals surface area contributed by atoms with Crippen molar-refractivity contribution < 1.29 is 4.79 Å². The average Bonchev–Trinajstić information content (AvgIpc) is 2.55. The molecule has 111 valence electrons. The Kier molecular flexibility index (Phi) is 3.65. The van der Waals surface area contributed by atoms with Crippen LogP contribution < -0.4 is 21.7 Å². The van der Waals surface area contributed by atoms with E-state index in [2.05, 4.69) is 27.1 Å². The lowest BCUT2D eigenvalue weighted by Gasteiger charge is -2.25. The van der Waals surface area contributed by atoms with E-state index in [9.17, 15) is 4.79 Å². The zero-order chi connectivity index (χ0) is 15.5. The van der Waals surface area contributed by atoms with Crippen LogP contribution in [0.15, 0.2) is 64.7 Å². The molecule has 6 heteroatoms. The number of carbonyl (C=O) groups is 1. The first-order valence-electron chi connectivity index (χ1n) is 6.91. The van der Waals surface area contributed by atoms with Gasteiger partial charge in [-0.15, -0.1) is 0 Å². The fourth-order valence-corrected chi connectivity index (χ4v) is 2.27. The van der Waals surface area contributed by atoms with Crippen molar-refractivity contribution in [3.05, 3.63) is 71.5 Å². The van der Waals surface area contributed by atoms with Gasteiger partial charge >= 0.3 is 0 Å². The number of amides is 1. The number of hydrogen-bond donors (Lipinski definition) is 4. The lowest BCUT2D eigenvalue weighted by Crippen LogP contribution is -2.41. The molecule has 2 heterocycles. The maximum atomic E-state index is 11.4. The number of hydrogen-bond acceptors (Lipinski definition) is 5. The van der Waals surface area contributed by atoms with Crippen LogP contribution in [0.3, 0.4) is 0 Å². The molecule has 2 aliphatic heterocycles. The van der Waals surface area contributed by atoms with Crippen molar-refractivity contribution in [1.82, 2.24) is 16.0 Å².